The Morgan fingerprint density at radius 1 is 0.426 bits per heavy atom. The Balaban J connectivity index is 3.87. The number of aliphatic carboxylic acids is 1. The number of quaternary nitrogens is 1. The van der Waals surface area contributed by atoms with Crippen LogP contribution in [0.3, 0.4) is 0 Å². The van der Waals surface area contributed by atoms with Crippen LogP contribution >= 0.6 is 0 Å². The second kappa shape index (κ2) is 44.9. The van der Waals surface area contributed by atoms with Gasteiger partial charge in [0.25, 0.3) is 6.29 Å². The van der Waals surface area contributed by atoms with E-state index in [0.717, 1.165) is 51.4 Å². The van der Waals surface area contributed by atoms with Crippen molar-refractivity contribution in [2.45, 2.75) is 270 Å². The standard InChI is InChI=1S/C52H101NO8/c1-6-8-10-12-13-14-15-16-17-18-19-20-21-22-23-24-25-26-27-28-29-30-31-32-33-34-35-36-37-39-41-43-50(55)61-48(46-59-49(54)42-40-38-11-9-7-2)47-60-52(51(56)57)58-45-44-53(3,4)5/h48,52H,6-47H2,1-5H3/p+1. The molecule has 0 bridgehead atoms. The lowest BCUT2D eigenvalue weighted by atomic mass is 10.0. The molecule has 0 radical (unpaired) electrons. The molecule has 0 amide bonds. The fourth-order valence-corrected chi connectivity index (χ4v) is 7.78. The van der Waals surface area contributed by atoms with Gasteiger partial charge in [-0.25, -0.2) is 4.79 Å². The molecular weight excluding hydrogens is 767 g/mol. The van der Waals surface area contributed by atoms with Crippen LogP contribution in [0.4, 0.5) is 0 Å². The van der Waals surface area contributed by atoms with Crippen molar-refractivity contribution in [3.05, 3.63) is 0 Å². The van der Waals surface area contributed by atoms with Crippen LogP contribution in [0, 0.1) is 0 Å². The number of likely N-dealkylation sites (N-methyl/N-ethyl adjacent to an activating group) is 1. The zero-order chi connectivity index (χ0) is 44.9. The second-order valence-corrected chi connectivity index (χ2v) is 19.2. The molecule has 0 aliphatic carbocycles. The van der Waals surface area contributed by atoms with Crippen molar-refractivity contribution >= 4 is 17.9 Å². The van der Waals surface area contributed by atoms with Gasteiger partial charge in [0.05, 0.1) is 34.4 Å². The summed E-state index contributed by atoms with van der Waals surface area (Å²) in [6.45, 7) is 4.82. The lowest BCUT2D eigenvalue weighted by Crippen LogP contribution is -2.40. The van der Waals surface area contributed by atoms with Crippen LogP contribution in [0.2, 0.25) is 0 Å². The molecule has 0 rings (SSSR count). The Hall–Kier alpha value is -1.71. The number of carbonyl (C=O) groups is 3. The summed E-state index contributed by atoms with van der Waals surface area (Å²) < 4.78 is 22.6. The SMILES string of the molecule is CCCCCCCCCCCCCCCCCCCCCCCCCCCCCCCCCC(=O)OC(COC(=O)CCCCCCC)COC(OCC[N+](C)(C)C)C(=O)O. The highest BCUT2D eigenvalue weighted by Crippen LogP contribution is 2.17. The molecule has 0 spiro atoms. The van der Waals surface area contributed by atoms with E-state index < -0.39 is 24.3 Å². The summed E-state index contributed by atoms with van der Waals surface area (Å²) in [5.41, 5.74) is 0. The number of esters is 2. The molecule has 0 fully saturated rings. The van der Waals surface area contributed by atoms with Gasteiger partial charge in [-0.1, -0.05) is 232 Å². The van der Waals surface area contributed by atoms with Gasteiger partial charge in [-0.3, -0.25) is 9.59 Å². The van der Waals surface area contributed by atoms with Crippen molar-refractivity contribution < 1.29 is 42.9 Å². The summed E-state index contributed by atoms with van der Waals surface area (Å²) in [7, 11) is 5.96. The minimum atomic E-state index is -1.50. The number of carboxylic acids is 1. The van der Waals surface area contributed by atoms with Crippen molar-refractivity contribution in [2.24, 2.45) is 0 Å². The quantitative estimate of drug-likeness (QED) is 0.0279. The summed E-state index contributed by atoms with van der Waals surface area (Å²) in [6, 6.07) is 0. The van der Waals surface area contributed by atoms with E-state index in [1.54, 1.807) is 0 Å². The number of ether oxygens (including phenoxy) is 4. The van der Waals surface area contributed by atoms with E-state index in [1.165, 1.54) is 180 Å². The van der Waals surface area contributed by atoms with Gasteiger partial charge < -0.3 is 28.5 Å². The lowest BCUT2D eigenvalue weighted by molar-refractivity contribution is -0.870. The van der Waals surface area contributed by atoms with Crippen LogP contribution in [0.25, 0.3) is 0 Å². The molecule has 0 saturated heterocycles. The molecule has 362 valence electrons. The first-order chi connectivity index (χ1) is 29.6. The van der Waals surface area contributed by atoms with Crippen LogP contribution in [0.15, 0.2) is 0 Å². The van der Waals surface area contributed by atoms with Gasteiger partial charge >= 0.3 is 17.9 Å². The maximum atomic E-state index is 12.7. The van der Waals surface area contributed by atoms with Crippen LogP contribution < -0.4 is 0 Å². The molecule has 0 aromatic heterocycles. The van der Waals surface area contributed by atoms with Gasteiger partial charge in [0, 0.05) is 12.8 Å². The van der Waals surface area contributed by atoms with Gasteiger partial charge in [-0.05, 0) is 12.8 Å². The van der Waals surface area contributed by atoms with Crippen molar-refractivity contribution in [3.63, 3.8) is 0 Å². The molecule has 0 aromatic rings. The maximum absolute atomic E-state index is 12.7. The van der Waals surface area contributed by atoms with Crippen molar-refractivity contribution in [1.82, 2.24) is 0 Å². The van der Waals surface area contributed by atoms with Gasteiger partial charge in [0.2, 0.25) is 0 Å². The Morgan fingerprint density at radius 3 is 1.05 bits per heavy atom. The van der Waals surface area contributed by atoms with E-state index in [4.69, 9.17) is 18.9 Å². The molecule has 1 N–H and O–H groups in total. The number of nitrogens with zero attached hydrogens (tertiary/aromatic N) is 1. The molecule has 0 aliphatic heterocycles. The van der Waals surface area contributed by atoms with Gasteiger partial charge in [0.15, 0.2) is 6.10 Å². The van der Waals surface area contributed by atoms with Gasteiger partial charge in [-0.2, -0.15) is 0 Å². The fraction of sp³-hybridized carbons (Fsp3) is 0.942. The topological polar surface area (TPSA) is 108 Å². The van der Waals surface area contributed by atoms with Crippen LogP contribution in [-0.4, -0.2) is 87.4 Å². The fourth-order valence-electron chi connectivity index (χ4n) is 7.78. The molecular formula is C52H102NO8+. The minimum Gasteiger partial charge on any atom is -0.477 e. The minimum absolute atomic E-state index is 0.176. The van der Waals surface area contributed by atoms with Crippen LogP contribution in [0.5, 0.6) is 0 Å². The Kier molecular flexibility index (Phi) is 43.6. The normalized spacial score (nSPS) is 12.7. The van der Waals surface area contributed by atoms with Crippen LogP contribution in [0.1, 0.15) is 258 Å². The highest BCUT2D eigenvalue weighted by molar-refractivity contribution is 5.71. The zero-order valence-electron chi connectivity index (χ0n) is 41.1. The monoisotopic (exact) mass is 869 g/mol. The molecule has 2 atom stereocenters. The van der Waals surface area contributed by atoms with Crippen molar-refractivity contribution in [1.29, 1.82) is 0 Å². The lowest BCUT2D eigenvalue weighted by Gasteiger charge is -2.25. The van der Waals surface area contributed by atoms with Gasteiger partial charge in [0.1, 0.15) is 13.2 Å². The largest absolute Gasteiger partial charge is 0.477 e. The van der Waals surface area contributed by atoms with Crippen molar-refractivity contribution in [3.8, 4) is 0 Å². The van der Waals surface area contributed by atoms with E-state index in [9.17, 15) is 19.5 Å². The number of unbranched alkanes of at least 4 members (excludes halogenated alkanes) is 34. The molecule has 0 aromatic carbocycles. The van der Waals surface area contributed by atoms with Crippen molar-refractivity contribution in [2.75, 3.05) is 47.5 Å². The van der Waals surface area contributed by atoms with E-state index in [1.807, 2.05) is 21.1 Å². The Morgan fingerprint density at radius 2 is 0.738 bits per heavy atom. The number of carbonyl (C=O) groups excluding carboxylic acids is 2. The molecule has 0 saturated carbocycles. The van der Waals surface area contributed by atoms with E-state index in [-0.39, 0.29) is 32.2 Å². The third-order valence-corrected chi connectivity index (χ3v) is 11.9. The molecule has 0 heterocycles. The third-order valence-electron chi connectivity index (χ3n) is 11.9. The summed E-state index contributed by atoms with van der Waals surface area (Å²) >= 11 is 0. The summed E-state index contributed by atoms with van der Waals surface area (Å²) in [5, 5.41) is 9.60. The molecule has 0 aliphatic rings. The highest BCUT2D eigenvalue weighted by atomic mass is 16.7. The number of hydrogen-bond donors (Lipinski definition) is 1. The summed E-state index contributed by atoms with van der Waals surface area (Å²) in [5.74, 6) is -2.00. The summed E-state index contributed by atoms with van der Waals surface area (Å²) in [6.07, 6.45) is 45.4. The number of rotatable bonds is 49. The van der Waals surface area contributed by atoms with E-state index >= 15 is 0 Å². The number of hydrogen-bond acceptors (Lipinski definition) is 7. The maximum Gasteiger partial charge on any atom is 0.361 e. The molecule has 2 unspecified atom stereocenters. The first-order valence-corrected chi connectivity index (χ1v) is 26.2. The average molecular weight is 869 g/mol. The molecule has 61 heavy (non-hydrogen) atoms. The predicted molar refractivity (Wildman–Crippen MR) is 254 cm³/mol. The van der Waals surface area contributed by atoms with E-state index in [2.05, 4.69) is 13.8 Å². The Bertz CT molecular complexity index is 970. The Labute approximate surface area is 377 Å². The number of carboxylic acid groups (broad SMARTS) is 1. The smallest absolute Gasteiger partial charge is 0.361 e. The molecule has 9 heteroatoms. The van der Waals surface area contributed by atoms with Crippen LogP contribution in [-0.2, 0) is 33.3 Å². The average Bonchev–Trinajstić information content (AvgIpc) is 3.22. The first kappa shape index (κ1) is 59.3. The highest BCUT2D eigenvalue weighted by Gasteiger charge is 2.25. The first-order valence-electron chi connectivity index (χ1n) is 26.2. The summed E-state index contributed by atoms with van der Waals surface area (Å²) in [4.78, 5) is 36.8. The second-order valence-electron chi connectivity index (χ2n) is 19.2. The van der Waals surface area contributed by atoms with E-state index in [0.29, 0.717) is 17.4 Å². The van der Waals surface area contributed by atoms with Gasteiger partial charge in [-0.15, -0.1) is 0 Å². The zero-order valence-corrected chi connectivity index (χ0v) is 41.1. The predicted octanol–water partition coefficient (Wildman–Crippen LogP) is 14.5. The molecule has 9 nitrogen and oxygen atoms in total. The third kappa shape index (κ3) is 46.1.